The van der Waals surface area contributed by atoms with E-state index < -0.39 is 0 Å². The molecule has 1 atom stereocenters. The van der Waals surface area contributed by atoms with Crippen LogP contribution < -0.4 is 5.32 Å². The lowest BCUT2D eigenvalue weighted by molar-refractivity contribution is -0.0183. The molecule has 0 amide bonds. The van der Waals surface area contributed by atoms with Gasteiger partial charge in [0.05, 0.1) is 29.5 Å². The van der Waals surface area contributed by atoms with Crippen molar-refractivity contribution in [2.24, 2.45) is 0 Å². The van der Waals surface area contributed by atoms with Crippen molar-refractivity contribution in [1.82, 2.24) is 15.2 Å². The largest absolute Gasteiger partial charge is 0.457 e. The summed E-state index contributed by atoms with van der Waals surface area (Å²) in [5.74, 6) is 1.76. The van der Waals surface area contributed by atoms with Crippen LogP contribution >= 0.6 is 11.3 Å². The maximum absolute atomic E-state index is 5.94. The number of para-hydroxylation sites is 1. The molecule has 3 heterocycles. The normalized spacial score (nSPS) is 19.1. The van der Waals surface area contributed by atoms with Gasteiger partial charge in [0.1, 0.15) is 5.76 Å². The second kappa shape index (κ2) is 7.03. The minimum atomic E-state index is 0.252. The number of nitrogens with one attached hydrogen (secondary N) is 1. The first-order valence-electron chi connectivity index (χ1n) is 8.23. The predicted octanol–water partition coefficient (Wildman–Crippen LogP) is 2.98. The average Bonchev–Trinajstić information content (AvgIpc) is 3.21. The van der Waals surface area contributed by atoms with E-state index in [2.05, 4.69) is 28.3 Å². The summed E-state index contributed by atoms with van der Waals surface area (Å²) >= 11 is 1.66. The van der Waals surface area contributed by atoms with Crippen LogP contribution in [-0.2, 0) is 11.3 Å². The fourth-order valence-electron chi connectivity index (χ4n) is 2.91. The van der Waals surface area contributed by atoms with Crippen molar-refractivity contribution in [3.05, 3.63) is 42.2 Å². The number of aromatic nitrogens is 1. The summed E-state index contributed by atoms with van der Waals surface area (Å²) in [6.07, 6.45) is 0.252. The highest BCUT2D eigenvalue weighted by atomic mass is 32.1. The van der Waals surface area contributed by atoms with Gasteiger partial charge in [-0.1, -0.05) is 12.1 Å². The number of hydrogen-bond acceptors (Lipinski definition) is 6. The first kappa shape index (κ1) is 15.8. The van der Waals surface area contributed by atoms with E-state index in [0.29, 0.717) is 6.54 Å². The summed E-state index contributed by atoms with van der Waals surface area (Å²) in [4.78, 5) is 6.94. The standard InChI is InChI=1S/C18H21N3O2S/c1-21-8-9-22-14(12-21)11-19-10-13-6-7-16(23-13)18-20-15-4-2-3-5-17(15)24-18/h2-7,14,19H,8-12H2,1H3. The molecule has 126 valence electrons. The van der Waals surface area contributed by atoms with Crippen LogP contribution in [-0.4, -0.2) is 49.3 Å². The average molecular weight is 343 g/mol. The van der Waals surface area contributed by atoms with E-state index in [-0.39, 0.29) is 6.10 Å². The van der Waals surface area contributed by atoms with E-state index in [9.17, 15) is 0 Å². The zero-order chi connectivity index (χ0) is 16.4. The number of likely N-dealkylation sites (N-methyl/N-ethyl adjacent to an activating group) is 1. The molecule has 2 aromatic heterocycles. The van der Waals surface area contributed by atoms with Gasteiger partial charge >= 0.3 is 0 Å². The van der Waals surface area contributed by atoms with Gasteiger partial charge in [0, 0.05) is 19.6 Å². The Kier molecular flexibility index (Phi) is 4.62. The molecule has 1 N–H and O–H groups in total. The van der Waals surface area contributed by atoms with Crippen LogP contribution in [0.15, 0.2) is 40.8 Å². The zero-order valence-corrected chi connectivity index (χ0v) is 14.5. The number of hydrogen-bond donors (Lipinski definition) is 1. The van der Waals surface area contributed by atoms with Gasteiger partial charge in [-0.2, -0.15) is 0 Å². The number of fused-ring (bicyclic) bond motifs is 1. The molecule has 0 saturated carbocycles. The molecule has 4 rings (SSSR count). The third kappa shape index (κ3) is 3.52. The number of benzene rings is 1. The lowest BCUT2D eigenvalue weighted by Gasteiger charge is -2.30. The van der Waals surface area contributed by atoms with Crippen molar-refractivity contribution in [3.63, 3.8) is 0 Å². The third-order valence-electron chi connectivity index (χ3n) is 4.18. The van der Waals surface area contributed by atoms with Crippen molar-refractivity contribution in [1.29, 1.82) is 0 Å². The van der Waals surface area contributed by atoms with Crippen LogP contribution in [0.3, 0.4) is 0 Å². The molecule has 24 heavy (non-hydrogen) atoms. The van der Waals surface area contributed by atoms with Crippen LogP contribution in [0.1, 0.15) is 5.76 Å². The van der Waals surface area contributed by atoms with E-state index in [1.54, 1.807) is 11.3 Å². The molecule has 3 aromatic rings. The van der Waals surface area contributed by atoms with Gasteiger partial charge in [-0.25, -0.2) is 4.98 Å². The minimum Gasteiger partial charge on any atom is -0.457 e. The first-order valence-corrected chi connectivity index (χ1v) is 9.05. The van der Waals surface area contributed by atoms with Crippen molar-refractivity contribution in [2.75, 3.05) is 33.3 Å². The van der Waals surface area contributed by atoms with Crippen LogP contribution in [0, 0.1) is 0 Å². The highest BCUT2D eigenvalue weighted by molar-refractivity contribution is 7.21. The van der Waals surface area contributed by atoms with Crippen molar-refractivity contribution in [3.8, 4) is 10.8 Å². The minimum absolute atomic E-state index is 0.252. The Hall–Kier alpha value is -1.73. The van der Waals surface area contributed by atoms with Crippen molar-refractivity contribution >= 4 is 21.6 Å². The SMILES string of the molecule is CN1CCOC(CNCc2ccc(-c3nc4ccccc4s3)o2)C1. The molecule has 0 aliphatic carbocycles. The molecule has 6 heteroatoms. The van der Waals surface area contributed by atoms with E-state index in [1.165, 1.54) is 4.70 Å². The zero-order valence-electron chi connectivity index (χ0n) is 13.7. The molecule has 5 nitrogen and oxygen atoms in total. The molecule has 1 aliphatic rings. The van der Waals surface area contributed by atoms with Gasteiger partial charge < -0.3 is 19.4 Å². The van der Waals surface area contributed by atoms with E-state index >= 15 is 0 Å². The summed E-state index contributed by atoms with van der Waals surface area (Å²) in [6, 6.07) is 12.2. The third-order valence-corrected chi connectivity index (χ3v) is 5.23. The lowest BCUT2D eigenvalue weighted by atomic mass is 10.3. The number of rotatable bonds is 5. The maximum Gasteiger partial charge on any atom is 0.163 e. The number of thiazole rings is 1. The number of nitrogens with zero attached hydrogens (tertiary/aromatic N) is 2. The molecule has 0 radical (unpaired) electrons. The van der Waals surface area contributed by atoms with Crippen LogP contribution in [0.5, 0.6) is 0 Å². The molecular weight excluding hydrogens is 322 g/mol. The Labute approximate surface area is 145 Å². The molecule has 1 fully saturated rings. The second-order valence-corrected chi connectivity index (χ2v) is 7.17. The van der Waals surface area contributed by atoms with Gasteiger partial charge in [-0.15, -0.1) is 11.3 Å². The van der Waals surface area contributed by atoms with Gasteiger partial charge in [-0.05, 0) is 31.3 Å². The number of ether oxygens (including phenoxy) is 1. The Morgan fingerprint density at radius 2 is 2.21 bits per heavy atom. The Morgan fingerprint density at radius 1 is 1.29 bits per heavy atom. The topological polar surface area (TPSA) is 50.5 Å². The maximum atomic E-state index is 5.94. The summed E-state index contributed by atoms with van der Waals surface area (Å²) in [6.45, 7) is 4.34. The molecule has 1 saturated heterocycles. The van der Waals surface area contributed by atoms with Gasteiger partial charge in [0.25, 0.3) is 0 Å². The molecule has 1 aliphatic heterocycles. The van der Waals surface area contributed by atoms with E-state index in [4.69, 9.17) is 9.15 Å². The molecule has 0 spiro atoms. The first-order chi connectivity index (χ1) is 11.8. The Bertz CT molecular complexity index is 780. The number of furan rings is 1. The summed E-state index contributed by atoms with van der Waals surface area (Å²) in [5.41, 5.74) is 1.02. The highest BCUT2D eigenvalue weighted by Gasteiger charge is 2.17. The molecule has 1 aromatic carbocycles. The van der Waals surface area contributed by atoms with Crippen molar-refractivity contribution in [2.45, 2.75) is 12.6 Å². The highest BCUT2D eigenvalue weighted by Crippen LogP contribution is 2.31. The van der Waals surface area contributed by atoms with E-state index in [0.717, 1.165) is 48.3 Å². The predicted molar refractivity (Wildman–Crippen MR) is 96.3 cm³/mol. The monoisotopic (exact) mass is 343 g/mol. The van der Waals surface area contributed by atoms with Gasteiger partial charge in [-0.3, -0.25) is 0 Å². The van der Waals surface area contributed by atoms with Gasteiger partial charge in [0.15, 0.2) is 10.8 Å². The van der Waals surface area contributed by atoms with Crippen LogP contribution in [0.4, 0.5) is 0 Å². The summed E-state index contributed by atoms with van der Waals surface area (Å²) in [7, 11) is 2.13. The smallest absolute Gasteiger partial charge is 0.163 e. The molecule has 0 bridgehead atoms. The van der Waals surface area contributed by atoms with Crippen molar-refractivity contribution < 1.29 is 9.15 Å². The Balaban J connectivity index is 1.36. The second-order valence-electron chi connectivity index (χ2n) is 6.14. The van der Waals surface area contributed by atoms with Crippen LogP contribution in [0.25, 0.3) is 21.0 Å². The fourth-order valence-corrected chi connectivity index (χ4v) is 3.84. The van der Waals surface area contributed by atoms with Crippen LogP contribution in [0.2, 0.25) is 0 Å². The lowest BCUT2D eigenvalue weighted by Crippen LogP contribution is -2.44. The summed E-state index contributed by atoms with van der Waals surface area (Å²) in [5, 5.41) is 4.35. The molecular formula is C18H21N3O2S. The fraction of sp³-hybridized carbons (Fsp3) is 0.389. The number of morpholine rings is 1. The summed E-state index contributed by atoms with van der Waals surface area (Å²) < 4.78 is 12.9. The molecule has 1 unspecified atom stereocenters. The quantitative estimate of drug-likeness (QED) is 0.772. The Morgan fingerprint density at radius 3 is 3.08 bits per heavy atom. The van der Waals surface area contributed by atoms with Gasteiger partial charge in [0.2, 0.25) is 0 Å². The van der Waals surface area contributed by atoms with E-state index in [1.807, 2.05) is 30.3 Å².